The van der Waals surface area contributed by atoms with Gasteiger partial charge in [-0.3, -0.25) is 0 Å². The van der Waals surface area contributed by atoms with Crippen molar-refractivity contribution in [3.8, 4) is 11.1 Å². The van der Waals surface area contributed by atoms with Crippen LogP contribution >= 0.6 is 0 Å². The Bertz CT molecular complexity index is 948. The van der Waals surface area contributed by atoms with Crippen molar-refractivity contribution in [3.63, 3.8) is 0 Å². The van der Waals surface area contributed by atoms with Gasteiger partial charge in [-0.25, -0.2) is 21.1 Å². The number of hydrogen-bond acceptors (Lipinski definition) is 2. The van der Waals surface area contributed by atoms with Crippen LogP contribution in [0.1, 0.15) is 60.0 Å². The second-order valence-electron chi connectivity index (χ2n) is 5.68. The van der Waals surface area contributed by atoms with Crippen LogP contribution in [0.2, 0.25) is 0 Å². The van der Waals surface area contributed by atoms with Crippen LogP contribution in [0.5, 0.6) is 0 Å². The van der Waals surface area contributed by atoms with Gasteiger partial charge < -0.3 is 0 Å². The van der Waals surface area contributed by atoms with E-state index in [2.05, 4.69) is 65.4 Å². The molecule has 0 saturated heterocycles. The van der Waals surface area contributed by atoms with Crippen LogP contribution in [-0.2, 0) is 39.1 Å². The third-order valence-corrected chi connectivity index (χ3v) is 3.86. The average Bonchev–Trinajstić information content (AvgIpc) is 2.88. The summed E-state index contributed by atoms with van der Waals surface area (Å²) in [4.78, 5) is 8.23. The summed E-state index contributed by atoms with van der Waals surface area (Å²) >= 11 is 0. The molecule has 0 N–H and O–H groups in total. The molecule has 3 heteroatoms. The maximum absolute atomic E-state index is 4.18. The molecule has 0 aliphatic heterocycles. The van der Waals surface area contributed by atoms with Crippen molar-refractivity contribution in [2.24, 2.45) is 0 Å². The maximum Gasteiger partial charge on any atom is 0.128 e. The maximum atomic E-state index is 4.18. The number of nitrogens with zero attached hydrogens (tertiary/aromatic N) is 2. The first-order chi connectivity index (χ1) is 15.3. The molecule has 0 unspecified atom stereocenters. The largest absolute Gasteiger partial charge is 0.241 e. The molecule has 0 bridgehead atoms. The van der Waals surface area contributed by atoms with Gasteiger partial charge in [0.05, 0.1) is 0 Å². The van der Waals surface area contributed by atoms with Crippen LogP contribution in [0.3, 0.4) is 0 Å². The van der Waals surface area contributed by atoms with E-state index in [1.165, 1.54) is 10.8 Å². The van der Waals surface area contributed by atoms with Crippen molar-refractivity contribution in [2.45, 2.75) is 61.8 Å². The van der Waals surface area contributed by atoms with Gasteiger partial charge in [-0.05, 0) is 13.0 Å². The summed E-state index contributed by atoms with van der Waals surface area (Å²) in [6.07, 6.45) is 2.71. The summed E-state index contributed by atoms with van der Waals surface area (Å²) in [5.74, 6) is 0.926. The van der Waals surface area contributed by atoms with Gasteiger partial charge in [0.2, 0.25) is 0 Å². The number of rotatable bonds is 2. The molecule has 0 saturated carbocycles. The molecule has 1 radical (unpaired) electrons. The molecule has 1 heterocycles. The summed E-state index contributed by atoms with van der Waals surface area (Å²) < 4.78 is 0. The topological polar surface area (TPSA) is 25.8 Å². The Kier molecular flexibility index (Phi) is 21.2. The molecule has 169 valence electrons. The smallest absolute Gasteiger partial charge is 0.128 e. The zero-order valence-corrected chi connectivity index (χ0v) is 23.9. The summed E-state index contributed by atoms with van der Waals surface area (Å²) in [5.41, 5.74) is 3.26. The fraction of sp³-hybridized carbons (Fsp3) is 0.310. The molecule has 3 aromatic carbocycles. The van der Waals surface area contributed by atoms with E-state index in [9.17, 15) is 0 Å². The van der Waals surface area contributed by atoms with Crippen LogP contribution < -0.4 is 0 Å². The van der Waals surface area contributed by atoms with Crippen molar-refractivity contribution >= 4 is 10.8 Å². The van der Waals surface area contributed by atoms with E-state index in [0.29, 0.717) is 0 Å². The third-order valence-electron chi connectivity index (χ3n) is 3.86. The first-order valence-corrected chi connectivity index (χ1v) is 11.4. The van der Waals surface area contributed by atoms with E-state index in [-0.39, 0.29) is 32.7 Å². The van der Waals surface area contributed by atoms with Crippen LogP contribution in [0.4, 0.5) is 0 Å². The summed E-state index contributed by atoms with van der Waals surface area (Å²) in [5, 5.41) is 2.47. The second kappa shape index (κ2) is 21.0. The Balaban J connectivity index is 0. The number of aromatic nitrogens is 2. The predicted octanol–water partition coefficient (Wildman–Crippen LogP) is 8.53. The zero-order valence-electron chi connectivity index (χ0n) is 21.1. The fourth-order valence-electron chi connectivity index (χ4n) is 2.61. The molecule has 0 fully saturated rings. The Labute approximate surface area is 221 Å². The molecule has 32 heavy (non-hydrogen) atoms. The fourth-order valence-corrected chi connectivity index (χ4v) is 2.61. The van der Waals surface area contributed by atoms with Crippen molar-refractivity contribution in [1.29, 1.82) is 0 Å². The minimum atomic E-state index is 0. The molecule has 4 aromatic rings. The molecule has 0 aliphatic carbocycles. The van der Waals surface area contributed by atoms with Crippen LogP contribution in [0, 0.1) is 19.1 Å². The first kappa shape index (κ1) is 32.3. The van der Waals surface area contributed by atoms with Crippen LogP contribution in [0.15, 0.2) is 72.9 Å². The van der Waals surface area contributed by atoms with Crippen LogP contribution in [-0.4, -0.2) is 9.97 Å². The molecule has 0 aliphatic rings. The van der Waals surface area contributed by atoms with E-state index in [1.807, 2.05) is 78.8 Å². The van der Waals surface area contributed by atoms with Crippen molar-refractivity contribution in [3.05, 3.63) is 96.6 Å². The molecule has 1 aromatic heterocycles. The van der Waals surface area contributed by atoms with Crippen LogP contribution in [0.25, 0.3) is 21.9 Å². The summed E-state index contributed by atoms with van der Waals surface area (Å²) in [7, 11) is 0. The molecule has 0 atom stereocenters. The zero-order chi connectivity index (χ0) is 23.5. The predicted molar refractivity (Wildman–Crippen MR) is 137 cm³/mol. The SMILES string of the molecule is CC.CC.CC.CCc1nccc(C)n1.[Y].[c-]1ccccc1-c1[c-]ccc2ccccc12. The minimum Gasteiger partial charge on any atom is -0.241 e. The Hall–Kier alpha value is -1.90. The molecule has 0 amide bonds. The number of benzene rings is 3. The van der Waals surface area contributed by atoms with E-state index in [4.69, 9.17) is 0 Å². The van der Waals surface area contributed by atoms with Crippen molar-refractivity contribution < 1.29 is 32.7 Å². The molecular weight excluding hydrogens is 465 g/mol. The normalized spacial score (nSPS) is 8.50. The second-order valence-corrected chi connectivity index (χ2v) is 5.68. The van der Waals surface area contributed by atoms with Crippen molar-refractivity contribution in [2.75, 3.05) is 0 Å². The minimum absolute atomic E-state index is 0. The van der Waals surface area contributed by atoms with Gasteiger partial charge in [0, 0.05) is 51.0 Å². The molecular formula is C29H38N2Y-2. The Morgan fingerprint density at radius 2 is 1.41 bits per heavy atom. The van der Waals surface area contributed by atoms with Gasteiger partial charge >= 0.3 is 0 Å². The summed E-state index contributed by atoms with van der Waals surface area (Å²) in [6, 6.07) is 28.9. The van der Waals surface area contributed by atoms with Gasteiger partial charge in [0.15, 0.2) is 0 Å². The third kappa shape index (κ3) is 11.1. The standard InChI is InChI=1S/C16H10.C7H10N2.3C2H6.Y/c1-2-7-13(8-3-1)16-12-6-10-14-9-4-5-11-15(14)16;1-3-7-8-5-4-6(2)9-7;3*1-2;/h1-7,9-11H;4-5H,3H2,1-2H3;3*1-2H3;/q-2;;;;;. The Morgan fingerprint density at radius 1 is 0.750 bits per heavy atom. The quantitative estimate of drug-likeness (QED) is 0.256. The van der Waals surface area contributed by atoms with Gasteiger partial charge in [0.25, 0.3) is 0 Å². The number of hydrogen-bond donors (Lipinski definition) is 0. The average molecular weight is 504 g/mol. The first-order valence-electron chi connectivity index (χ1n) is 11.4. The van der Waals surface area contributed by atoms with Crippen molar-refractivity contribution in [1.82, 2.24) is 9.97 Å². The van der Waals surface area contributed by atoms with Gasteiger partial charge in [-0.2, -0.15) is 36.4 Å². The monoisotopic (exact) mass is 503 g/mol. The number of aryl methyl sites for hydroxylation is 2. The van der Waals surface area contributed by atoms with Gasteiger partial charge in [0.1, 0.15) is 5.82 Å². The molecule has 4 rings (SSSR count). The number of fused-ring (bicyclic) bond motifs is 1. The van der Waals surface area contributed by atoms with Gasteiger partial charge in [-0.15, -0.1) is 29.0 Å². The summed E-state index contributed by atoms with van der Waals surface area (Å²) in [6.45, 7) is 16.0. The molecule has 2 nitrogen and oxygen atoms in total. The van der Waals surface area contributed by atoms with E-state index in [1.54, 1.807) is 6.20 Å². The van der Waals surface area contributed by atoms with E-state index in [0.717, 1.165) is 29.1 Å². The van der Waals surface area contributed by atoms with E-state index < -0.39 is 0 Å². The Morgan fingerprint density at radius 3 is 1.97 bits per heavy atom. The van der Waals surface area contributed by atoms with E-state index >= 15 is 0 Å². The van der Waals surface area contributed by atoms with Gasteiger partial charge in [-0.1, -0.05) is 66.7 Å². The molecule has 0 spiro atoms.